The van der Waals surface area contributed by atoms with Gasteiger partial charge in [-0.15, -0.1) is 0 Å². The molecule has 0 aliphatic heterocycles. The van der Waals surface area contributed by atoms with Gasteiger partial charge in [-0.05, 0) is 36.5 Å². The van der Waals surface area contributed by atoms with Gasteiger partial charge in [0, 0.05) is 11.6 Å². The summed E-state index contributed by atoms with van der Waals surface area (Å²) < 4.78 is 0. The van der Waals surface area contributed by atoms with E-state index in [1.165, 1.54) is 0 Å². The van der Waals surface area contributed by atoms with Gasteiger partial charge in [-0.2, -0.15) is 0 Å². The molecule has 1 aromatic carbocycles. The number of hydrogen-bond acceptors (Lipinski definition) is 2. The molecule has 0 spiro atoms. The number of nitrogens with zero attached hydrogens (tertiary/aromatic N) is 1. The number of aliphatic hydroxyl groups is 1. The normalized spacial score (nSPS) is 17.9. The summed E-state index contributed by atoms with van der Waals surface area (Å²) in [6.45, 7) is 0. The van der Waals surface area contributed by atoms with E-state index in [0.717, 1.165) is 29.3 Å². The number of hydrogen-bond donors (Lipinski definition) is 1. The summed E-state index contributed by atoms with van der Waals surface area (Å²) in [7, 11) is 0. The van der Waals surface area contributed by atoms with Crippen LogP contribution in [0.5, 0.6) is 0 Å². The van der Waals surface area contributed by atoms with Gasteiger partial charge in [-0.3, -0.25) is 4.98 Å². The van der Waals surface area contributed by atoms with E-state index in [4.69, 9.17) is 0 Å². The van der Waals surface area contributed by atoms with E-state index < -0.39 is 0 Å². The van der Waals surface area contributed by atoms with Crippen molar-refractivity contribution < 1.29 is 5.11 Å². The molecule has 1 N–H and O–H groups in total. The number of fused-ring (bicyclic) bond motifs is 1. The highest BCUT2D eigenvalue weighted by Gasteiger charge is 2.30. The van der Waals surface area contributed by atoms with Crippen molar-refractivity contribution in [2.24, 2.45) is 5.92 Å². The zero-order valence-corrected chi connectivity index (χ0v) is 8.43. The number of benzene rings is 1. The van der Waals surface area contributed by atoms with Gasteiger partial charge < -0.3 is 5.11 Å². The lowest BCUT2D eigenvalue weighted by Crippen LogP contribution is -1.99. The molecule has 0 radical (unpaired) electrons. The summed E-state index contributed by atoms with van der Waals surface area (Å²) in [5, 5.41) is 11.1. The molecule has 1 fully saturated rings. The lowest BCUT2D eigenvalue weighted by molar-refractivity contribution is 0.153. The average molecular weight is 199 g/mol. The molecule has 15 heavy (non-hydrogen) atoms. The monoisotopic (exact) mass is 199 g/mol. The molecular weight excluding hydrogens is 186 g/mol. The number of para-hydroxylation sites is 1. The van der Waals surface area contributed by atoms with Crippen LogP contribution in [0.25, 0.3) is 10.9 Å². The van der Waals surface area contributed by atoms with Crippen molar-refractivity contribution in [2.75, 3.05) is 0 Å². The predicted molar refractivity (Wildman–Crippen MR) is 59.4 cm³/mol. The molecule has 1 heterocycles. The van der Waals surface area contributed by atoms with Gasteiger partial charge in [-0.25, -0.2) is 0 Å². The Kier molecular flexibility index (Phi) is 1.96. The average Bonchev–Trinajstić information content (AvgIpc) is 3.11. The van der Waals surface area contributed by atoms with Gasteiger partial charge in [0.1, 0.15) is 0 Å². The third kappa shape index (κ3) is 1.61. The first-order valence-electron chi connectivity index (χ1n) is 5.37. The zero-order valence-electron chi connectivity index (χ0n) is 8.43. The van der Waals surface area contributed by atoms with Crippen LogP contribution >= 0.6 is 0 Å². The van der Waals surface area contributed by atoms with Gasteiger partial charge in [0.15, 0.2) is 0 Å². The summed E-state index contributed by atoms with van der Waals surface area (Å²) in [5.74, 6) is 0.466. The van der Waals surface area contributed by atoms with Crippen molar-refractivity contribution in [1.82, 2.24) is 4.98 Å². The van der Waals surface area contributed by atoms with Crippen LogP contribution in [0.15, 0.2) is 36.5 Å². The highest BCUT2D eigenvalue weighted by molar-refractivity contribution is 5.78. The standard InChI is InChI=1S/C13H13NO/c15-13(9-5-6-9)11-7-10-3-1-2-4-12(10)14-8-11/h1-4,7-9,13,15H,5-6H2. The molecule has 1 atom stereocenters. The fourth-order valence-corrected chi connectivity index (χ4v) is 1.93. The third-order valence-electron chi connectivity index (χ3n) is 3.02. The van der Waals surface area contributed by atoms with Crippen LogP contribution in [0.2, 0.25) is 0 Å². The first-order chi connectivity index (χ1) is 7.34. The molecule has 2 aromatic rings. The molecule has 1 unspecified atom stereocenters. The largest absolute Gasteiger partial charge is 0.388 e. The molecule has 1 aliphatic carbocycles. The maximum atomic E-state index is 9.98. The van der Waals surface area contributed by atoms with Crippen LogP contribution in [-0.2, 0) is 0 Å². The summed E-state index contributed by atoms with van der Waals surface area (Å²) in [4.78, 5) is 4.35. The molecule has 1 aliphatic rings. The number of pyridine rings is 1. The number of aromatic nitrogens is 1. The molecule has 76 valence electrons. The quantitative estimate of drug-likeness (QED) is 0.806. The van der Waals surface area contributed by atoms with Crippen LogP contribution in [0.3, 0.4) is 0 Å². The second-order valence-corrected chi connectivity index (χ2v) is 4.24. The Labute approximate surface area is 88.6 Å². The lowest BCUT2D eigenvalue weighted by Gasteiger charge is -2.09. The molecule has 0 bridgehead atoms. The molecule has 1 aromatic heterocycles. The highest BCUT2D eigenvalue weighted by atomic mass is 16.3. The SMILES string of the molecule is OC(c1cnc2ccccc2c1)C1CC1. The van der Waals surface area contributed by atoms with E-state index in [0.29, 0.717) is 5.92 Å². The Hall–Kier alpha value is -1.41. The van der Waals surface area contributed by atoms with E-state index in [1.807, 2.05) is 30.3 Å². The summed E-state index contributed by atoms with van der Waals surface area (Å²) in [5.41, 5.74) is 1.94. The Balaban J connectivity index is 2.05. The summed E-state index contributed by atoms with van der Waals surface area (Å²) in [6, 6.07) is 10.0. The minimum Gasteiger partial charge on any atom is -0.388 e. The van der Waals surface area contributed by atoms with Crippen LogP contribution in [0, 0.1) is 5.92 Å². The molecule has 0 saturated heterocycles. The van der Waals surface area contributed by atoms with Crippen molar-refractivity contribution >= 4 is 10.9 Å². The predicted octanol–water partition coefficient (Wildman–Crippen LogP) is 2.68. The number of aliphatic hydroxyl groups excluding tert-OH is 1. The van der Waals surface area contributed by atoms with E-state index in [1.54, 1.807) is 6.20 Å². The van der Waals surface area contributed by atoms with E-state index >= 15 is 0 Å². The molecular formula is C13H13NO. The van der Waals surface area contributed by atoms with E-state index in [-0.39, 0.29) is 6.10 Å². The van der Waals surface area contributed by atoms with E-state index in [9.17, 15) is 5.11 Å². The fraction of sp³-hybridized carbons (Fsp3) is 0.308. The molecule has 1 saturated carbocycles. The maximum absolute atomic E-state index is 9.98. The van der Waals surface area contributed by atoms with Crippen LogP contribution in [0.4, 0.5) is 0 Å². The third-order valence-corrected chi connectivity index (χ3v) is 3.02. The van der Waals surface area contributed by atoms with Crippen LogP contribution in [0.1, 0.15) is 24.5 Å². The zero-order chi connectivity index (χ0) is 10.3. The minimum absolute atomic E-state index is 0.317. The fourth-order valence-electron chi connectivity index (χ4n) is 1.93. The van der Waals surface area contributed by atoms with Crippen molar-refractivity contribution in [3.05, 3.63) is 42.1 Å². The highest BCUT2D eigenvalue weighted by Crippen LogP contribution is 2.40. The Morgan fingerprint density at radius 1 is 1.27 bits per heavy atom. The lowest BCUT2D eigenvalue weighted by atomic mass is 10.1. The van der Waals surface area contributed by atoms with Gasteiger partial charge in [0.2, 0.25) is 0 Å². The smallest absolute Gasteiger partial charge is 0.0833 e. The summed E-state index contributed by atoms with van der Waals surface area (Å²) in [6.07, 6.45) is 3.77. The molecule has 3 rings (SSSR count). The molecule has 2 heteroatoms. The van der Waals surface area contributed by atoms with Crippen molar-refractivity contribution in [1.29, 1.82) is 0 Å². The topological polar surface area (TPSA) is 33.1 Å². The van der Waals surface area contributed by atoms with Crippen LogP contribution in [-0.4, -0.2) is 10.1 Å². The first-order valence-corrected chi connectivity index (χ1v) is 5.37. The first kappa shape index (κ1) is 8.86. The Bertz CT molecular complexity index is 491. The Morgan fingerprint density at radius 2 is 2.07 bits per heavy atom. The Morgan fingerprint density at radius 3 is 2.87 bits per heavy atom. The van der Waals surface area contributed by atoms with Crippen LogP contribution < -0.4 is 0 Å². The van der Waals surface area contributed by atoms with E-state index in [2.05, 4.69) is 4.98 Å². The number of rotatable bonds is 2. The van der Waals surface area contributed by atoms with Gasteiger partial charge in [0.05, 0.1) is 11.6 Å². The van der Waals surface area contributed by atoms with Gasteiger partial charge in [0.25, 0.3) is 0 Å². The van der Waals surface area contributed by atoms with Gasteiger partial charge >= 0.3 is 0 Å². The van der Waals surface area contributed by atoms with Gasteiger partial charge in [-0.1, -0.05) is 18.2 Å². The van der Waals surface area contributed by atoms with Crippen molar-refractivity contribution in [3.8, 4) is 0 Å². The molecule has 2 nitrogen and oxygen atoms in total. The van der Waals surface area contributed by atoms with Crippen molar-refractivity contribution in [2.45, 2.75) is 18.9 Å². The summed E-state index contributed by atoms with van der Waals surface area (Å²) >= 11 is 0. The maximum Gasteiger partial charge on any atom is 0.0833 e. The minimum atomic E-state index is -0.317. The molecule has 0 amide bonds. The second kappa shape index (κ2) is 3.31. The van der Waals surface area contributed by atoms with Crippen molar-refractivity contribution in [3.63, 3.8) is 0 Å². The second-order valence-electron chi connectivity index (χ2n) is 4.24.